The molecule has 29 heavy (non-hydrogen) atoms. The minimum atomic E-state index is -3.07. The van der Waals surface area contributed by atoms with Crippen LogP contribution >= 0.6 is 0 Å². The van der Waals surface area contributed by atoms with Gasteiger partial charge in [-0.3, -0.25) is 9.59 Å². The molecule has 6 nitrogen and oxygen atoms in total. The van der Waals surface area contributed by atoms with Gasteiger partial charge in [0.25, 0.3) is 0 Å². The Bertz CT molecular complexity index is 867. The van der Waals surface area contributed by atoms with E-state index < -0.39 is 15.8 Å². The van der Waals surface area contributed by atoms with Crippen LogP contribution in [0.2, 0.25) is 0 Å². The van der Waals surface area contributed by atoms with Gasteiger partial charge in [-0.1, -0.05) is 39.0 Å². The van der Waals surface area contributed by atoms with Crippen LogP contribution in [0.4, 0.5) is 5.69 Å². The molecule has 2 heterocycles. The monoisotopic (exact) mass is 420 g/mol. The molecule has 0 radical (unpaired) electrons. The molecule has 2 aliphatic rings. The minimum Gasteiger partial charge on any atom is -0.338 e. The van der Waals surface area contributed by atoms with Crippen molar-refractivity contribution >= 4 is 27.3 Å². The molecule has 0 saturated carbocycles. The largest absolute Gasteiger partial charge is 0.338 e. The maximum absolute atomic E-state index is 13.3. The van der Waals surface area contributed by atoms with Gasteiger partial charge in [0.1, 0.15) is 0 Å². The van der Waals surface area contributed by atoms with Gasteiger partial charge >= 0.3 is 0 Å². The number of hydrogen-bond acceptors (Lipinski definition) is 4. The summed E-state index contributed by atoms with van der Waals surface area (Å²) in [6.45, 7) is 7.15. The number of benzene rings is 1. The Labute approximate surface area is 174 Å². The number of carbonyl (C=O) groups is 2. The summed E-state index contributed by atoms with van der Waals surface area (Å²) in [5.74, 6) is -0.0137. The quantitative estimate of drug-likeness (QED) is 0.680. The zero-order valence-corrected chi connectivity index (χ0v) is 18.5. The van der Waals surface area contributed by atoms with Gasteiger partial charge in [0.05, 0.1) is 17.4 Å². The van der Waals surface area contributed by atoms with Crippen molar-refractivity contribution in [2.24, 2.45) is 5.92 Å². The zero-order chi connectivity index (χ0) is 21.2. The highest BCUT2D eigenvalue weighted by atomic mass is 32.2. The molecule has 3 atom stereocenters. The van der Waals surface area contributed by atoms with Crippen molar-refractivity contribution in [1.82, 2.24) is 4.90 Å². The number of anilines is 1. The Morgan fingerprint density at radius 2 is 2.00 bits per heavy atom. The summed E-state index contributed by atoms with van der Waals surface area (Å²) in [5.41, 5.74) is 2.02. The first-order valence-corrected chi connectivity index (χ1v) is 12.5. The van der Waals surface area contributed by atoms with Gasteiger partial charge in [-0.2, -0.15) is 0 Å². The smallest absolute Gasteiger partial charge is 0.228 e. The number of amides is 2. The summed E-state index contributed by atoms with van der Waals surface area (Å²) in [5, 5.41) is 0. The topological polar surface area (TPSA) is 74.8 Å². The summed E-state index contributed by atoms with van der Waals surface area (Å²) in [6, 6.07) is 7.66. The number of carbonyl (C=O) groups excluding carboxylic acids is 2. The van der Waals surface area contributed by atoms with E-state index in [1.807, 2.05) is 25.1 Å². The van der Waals surface area contributed by atoms with Crippen LogP contribution in [0.5, 0.6) is 0 Å². The van der Waals surface area contributed by atoms with Crippen molar-refractivity contribution < 1.29 is 18.0 Å². The second-order valence-corrected chi connectivity index (χ2v) is 10.6. The first kappa shape index (κ1) is 21.8. The molecule has 2 aliphatic heterocycles. The highest BCUT2D eigenvalue weighted by Gasteiger charge is 2.41. The Hall–Kier alpha value is -1.89. The van der Waals surface area contributed by atoms with Gasteiger partial charge in [-0.05, 0) is 36.8 Å². The fraction of sp³-hybridized carbons (Fsp3) is 0.636. The normalized spacial score (nSPS) is 24.7. The number of nitrogens with zero attached hydrogens (tertiary/aromatic N) is 2. The summed E-state index contributed by atoms with van der Waals surface area (Å²) < 4.78 is 23.8. The van der Waals surface area contributed by atoms with Gasteiger partial charge < -0.3 is 9.80 Å². The van der Waals surface area contributed by atoms with Gasteiger partial charge in [-0.25, -0.2) is 8.42 Å². The molecular weight excluding hydrogens is 388 g/mol. The van der Waals surface area contributed by atoms with Crippen molar-refractivity contribution in [3.63, 3.8) is 0 Å². The van der Waals surface area contributed by atoms with E-state index in [9.17, 15) is 18.0 Å². The van der Waals surface area contributed by atoms with Crippen LogP contribution in [0, 0.1) is 5.92 Å². The van der Waals surface area contributed by atoms with Crippen LogP contribution in [0.3, 0.4) is 0 Å². The maximum Gasteiger partial charge on any atom is 0.228 e. The molecular formula is C22H32N2O4S. The Balaban J connectivity index is 1.79. The average Bonchev–Trinajstić information content (AvgIpc) is 3.26. The molecule has 2 fully saturated rings. The van der Waals surface area contributed by atoms with E-state index in [0.29, 0.717) is 25.4 Å². The predicted molar refractivity (Wildman–Crippen MR) is 115 cm³/mol. The highest BCUT2D eigenvalue weighted by Crippen LogP contribution is 2.34. The average molecular weight is 421 g/mol. The lowest BCUT2D eigenvalue weighted by atomic mass is 9.96. The lowest BCUT2D eigenvalue weighted by molar-refractivity contribution is -0.137. The van der Waals surface area contributed by atoms with Crippen LogP contribution < -0.4 is 4.90 Å². The van der Waals surface area contributed by atoms with Crippen molar-refractivity contribution in [2.75, 3.05) is 29.5 Å². The van der Waals surface area contributed by atoms with E-state index in [0.717, 1.165) is 24.1 Å². The van der Waals surface area contributed by atoms with Gasteiger partial charge in [-0.15, -0.1) is 0 Å². The van der Waals surface area contributed by atoms with Gasteiger partial charge in [0, 0.05) is 31.2 Å². The lowest BCUT2D eigenvalue weighted by Crippen LogP contribution is -2.45. The first-order valence-electron chi connectivity index (χ1n) is 10.7. The molecule has 1 aromatic carbocycles. The summed E-state index contributed by atoms with van der Waals surface area (Å²) in [4.78, 5) is 29.6. The van der Waals surface area contributed by atoms with Crippen LogP contribution in [-0.2, 0) is 19.4 Å². The number of para-hydroxylation sites is 1. The third-order valence-electron chi connectivity index (χ3n) is 6.24. The van der Waals surface area contributed by atoms with Crippen molar-refractivity contribution in [1.29, 1.82) is 0 Å². The Kier molecular flexibility index (Phi) is 6.66. The number of rotatable bonds is 7. The molecule has 3 rings (SSSR count). The van der Waals surface area contributed by atoms with Gasteiger partial charge in [0.2, 0.25) is 11.8 Å². The SMILES string of the molecule is CCCN(C(=O)[C@@H]1CC(=O)N(c2ccccc2[C@H](C)CC)C1)[C@H]1CCS(=O)(=O)C1. The van der Waals surface area contributed by atoms with E-state index in [1.165, 1.54) is 0 Å². The lowest BCUT2D eigenvalue weighted by Gasteiger charge is -2.30. The number of hydrogen-bond donors (Lipinski definition) is 0. The van der Waals surface area contributed by atoms with Crippen LogP contribution in [0.15, 0.2) is 24.3 Å². The maximum atomic E-state index is 13.3. The fourth-order valence-electron chi connectivity index (χ4n) is 4.45. The molecule has 2 saturated heterocycles. The molecule has 0 unspecified atom stereocenters. The molecule has 0 spiro atoms. The molecule has 7 heteroatoms. The standard InChI is InChI=1S/C22H32N2O4S/c1-4-11-23(18-10-12-29(27,28)15-18)22(26)17-13-21(25)24(14-17)20-9-7-6-8-19(20)16(3)5-2/h6-9,16-18H,4-5,10-15H2,1-3H3/t16-,17-,18+/m1/s1. The summed E-state index contributed by atoms with van der Waals surface area (Å²) >= 11 is 0. The second-order valence-electron chi connectivity index (χ2n) is 8.36. The van der Waals surface area contributed by atoms with Crippen LogP contribution in [0.1, 0.15) is 57.9 Å². The predicted octanol–water partition coefficient (Wildman–Crippen LogP) is 2.98. The fourth-order valence-corrected chi connectivity index (χ4v) is 6.18. The summed E-state index contributed by atoms with van der Waals surface area (Å²) in [6.07, 6.45) is 2.42. The zero-order valence-electron chi connectivity index (χ0n) is 17.6. The second kappa shape index (κ2) is 8.86. The van der Waals surface area contributed by atoms with Crippen LogP contribution in [-0.4, -0.2) is 55.8 Å². The molecule has 0 bridgehead atoms. The van der Waals surface area contributed by atoms with E-state index in [4.69, 9.17) is 0 Å². The van der Waals surface area contributed by atoms with E-state index >= 15 is 0 Å². The third kappa shape index (κ3) is 4.65. The molecule has 0 aliphatic carbocycles. The summed E-state index contributed by atoms with van der Waals surface area (Å²) in [7, 11) is -3.07. The van der Waals surface area contributed by atoms with E-state index in [-0.39, 0.29) is 35.8 Å². The molecule has 2 amide bonds. The minimum absolute atomic E-state index is 0.0328. The highest BCUT2D eigenvalue weighted by molar-refractivity contribution is 7.91. The van der Waals surface area contributed by atoms with Crippen LogP contribution in [0.25, 0.3) is 0 Å². The van der Waals surface area contributed by atoms with Crippen molar-refractivity contribution in [3.8, 4) is 0 Å². The molecule has 0 aromatic heterocycles. The van der Waals surface area contributed by atoms with Crippen molar-refractivity contribution in [3.05, 3.63) is 29.8 Å². The van der Waals surface area contributed by atoms with Crippen molar-refractivity contribution in [2.45, 2.75) is 58.4 Å². The molecule has 0 N–H and O–H groups in total. The molecule has 1 aromatic rings. The van der Waals surface area contributed by atoms with E-state index in [1.54, 1.807) is 9.80 Å². The van der Waals surface area contributed by atoms with Gasteiger partial charge in [0.15, 0.2) is 9.84 Å². The van der Waals surface area contributed by atoms with E-state index in [2.05, 4.69) is 19.9 Å². The molecule has 160 valence electrons. The third-order valence-corrected chi connectivity index (χ3v) is 7.99. The first-order chi connectivity index (χ1) is 13.8. The Morgan fingerprint density at radius 1 is 1.28 bits per heavy atom. The number of sulfone groups is 1. The Morgan fingerprint density at radius 3 is 2.62 bits per heavy atom.